The van der Waals surface area contributed by atoms with Gasteiger partial charge in [0, 0.05) is 18.2 Å². The molecule has 0 aliphatic heterocycles. The Bertz CT molecular complexity index is 401. The topological polar surface area (TPSA) is 49.8 Å². The Morgan fingerprint density at radius 3 is 2.63 bits per heavy atom. The summed E-state index contributed by atoms with van der Waals surface area (Å²) in [5.74, 6) is 2.94. The minimum atomic E-state index is 0.493. The van der Waals surface area contributed by atoms with Crippen LogP contribution in [-0.4, -0.2) is 22.6 Å². The molecule has 4 heteroatoms. The summed E-state index contributed by atoms with van der Waals surface area (Å²) in [6, 6.07) is 0.493. The molecule has 1 heterocycles. The number of anilines is 2. The maximum atomic E-state index is 4.45. The fraction of sp³-hybridized carbons (Fsp3) is 0.733. The first-order valence-electron chi connectivity index (χ1n) is 7.58. The van der Waals surface area contributed by atoms with Crippen molar-refractivity contribution in [2.24, 2.45) is 5.92 Å². The normalized spacial score (nSPS) is 16.2. The molecule has 0 amide bonds. The Hall–Kier alpha value is -1.32. The Morgan fingerprint density at radius 2 is 2.00 bits per heavy atom. The fourth-order valence-electron chi connectivity index (χ4n) is 2.49. The zero-order chi connectivity index (χ0) is 13.7. The van der Waals surface area contributed by atoms with Crippen molar-refractivity contribution in [2.45, 2.75) is 58.9 Å². The Morgan fingerprint density at radius 1 is 1.26 bits per heavy atom. The van der Waals surface area contributed by atoms with E-state index in [9.17, 15) is 0 Å². The van der Waals surface area contributed by atoms with Gasteiger partial charge in [-0.3, -0.25) is 0 Å². The molecule has 2 N–H and O–H groups in total. The SMILES string of the molecule is CCCc1c(NCC)ncnc1NC(C)CC1CC1. The number of hydrogen-bond acceptors (Lipinski definition) is 4. The monoisotopic (exact) mass is 262 g/mol. The maximum Gasteiger partial charge on any atom is 0.134 e. The molecule has 1 saturated carbocycles. The van der Waals surface area contributed by atoms with E-state index in [1.54, 1.807) is 6.33 Å². The van der Waals surface area contributed by atoms with Gasteiger partial charge in [-0.25, -0.2) is 9.97 Å². The van der Waals surface area contributed by atoms with Crippen LogP contribution in [0.3, 0.4) is 0 Å². The molecule has 0 spiro atoms. The van der Waals surface area contributed by atoms with Crippen LogP contribution in [0.15, 0.2) is 6.33 Å². The molecule has 106 valence electrons. The Balaban J connectivity index is 2.09. The van der Waals surface area contributed by atoms with Crippen LogP contribution in [0.2, 0.25) is 0 Å². The number of rotatable bonds is 8. The first kappa shape index (κ1) is 14.1. The lowest BCUT2D eigenvalue weighted by molar-refractivity contribution is 0.638. The van der Waals surface area contributed by atoms with Crippen molar-refractivity contribution in [2.75, 3.05) is 17.2 Å². The van der Waals surface area contributed by atoms with Crippen molar-refractivity contribution >= 4 is 11.6 Å². The predicted octanol–water partition coefficient (Wildman–Crippen LogP) is 3.46. The molecule has 1 aromatic heterocycles. The van der Waals surface area contributed by atoms with Gasteiger partial charge >= 0.3 is 0 Å². The first-order valence-corrected chi connectivity index (χ1v) is 7.58. The molecule has 1 unspecified atom stereocenters. The van der Waals surface area contributed by atoms with Crippen molar-refractivity contribution in [3.8, 4) is 0 Å². The zero-order valence-electron chi connectivity index (χ0n) is 12.4. The average Bonchev–Trinajstić information content (AvgIpc) is 3.17. The number of nitrogens with zero attached hydrogens (tertiary/aromatic N) is 2. The van der Waals surface area contributed by atoms with Gasteiger partial charge in [-0.2, -0.15) is 0 Å². The highest BCUT2D eigenvalue weighted by molar-refractivity contribution is 5.57. The lowest BCUT2D eigenvalue weighted by atomic mass is 10.1. The van der Waals surface area contributed by atoms with Gasteiger partial charge in [-0.15, -0.1) is 0 Å². The van der Waals surface area contributed by atoms with Crippen LogP contribution in [0.25, 0.3) is 0 Å². The molecule has 1 aliphatic rings. The molecular weight excluding hydrogens is 236 g/mol. The van der Waals surface area contributed by atoms with Crippen molar-refractivity contribution in [1.82, 2.24) is 9.97 Å². The third-order valence-corrected chi connectivity index (χ3v) is 3.56. The highest BCUT2D eigenvalue weighted by Gasteiger charge is 2.24. The summed E-state index contributed by atoms with van der Waals surface area (Å²) in [7, 11) is 0. The second-order valence-electron chi connectivity index (χ2n) is 5.55. The van der Waals surface area contributed by atoms with Crippen molar-refractivity contribution in [3.05, 3.63) is 11.9 Å². The lowest BCUT2D eigenvalue weighted by Crippen LogP contribution is -2.19. The Labute approximate surface area is 116 Å². The summed E-state index contributed by atoms with van der Waals surface area (Å²) in [6.45, 7) is 7.44. The minimum absolute atomic E-state index is 0.493. The van der Waals surface area contributed by atoms with E-state index in [4.69, 9.17) is 0 Å². The molecule has 19 heavy (non-hydrogen) atoms. The molecule has 1 fully saturated rings. The maximum absolute atomic E-state index is 4.45. The van der Waals surface area contributed by atoms with Crippen LogP contribution in [0, 0.1) is 5.92 Å². The van der Waals surface area contributed by atoms with E-state index >= 15 is 0 Å². The molecule has 0 radical (unpaired) electrons. The number of nitrogens with one attached hydrogen (secondary N) is 2. The van der Waals surface area contributed by atoms with Gasteiger partial charge in [0.2, 0.25) is 0 Å². The molecule has 2 rings (SSSR count). The summed E-state index contributed by atoms with van der Waals surface area (Å²) in [5.41, 5.74) is 1.23. The molecule has 1 aliphatic carbocycles. The second kappa shape index (κ2) is 6.73. The molecule has 0 bridgehead atoms. The smallest absolute Gasteiger partial charge is 0.134 e. The third kappa shape index (κ3) is 4.08. The van der Waals surface area contributed by atoms with E-state index in [0.29, 0.717) is 6.04 Å². The zero-order valence-corrected chi connectivity index (χ0v) is 12.4. The quantitative estimate of drug-likeness (QED) is 0.753. The Kier molecular flexibility index (Phi) is 5.00. The summed E-state index contributed by atoms with van der Waals surface area (Å²) in [4.78, 5) is 8.81. The van der Waals surface area contributed by atoms with E-state index in [-0.39, 0.29) is 0 Å². The number of aromatic nitrogens is 2. The van der Waals surface area contributed by atoms with Gasteiger partial charge in [0.15, 0.2) is 0 Å². The third-order valence-electron chi connectivity index (χ3n) is 3.56. The summed E-state index contributed by atoms with van der Waals surface area (Å²) >= 11 is 0. The van der Waals surface area contributed by atoms with Gasteiger partial charge in [0.1, 0.15) is 18.0 Å². The molecule has 0 saturated heterocycles. The van der Waals surface area contributed by atoms with Gasteiger partial charge in [0.25, 0.3) is 0 Å². The van der Waals surface area contributed by atoms with E-state index in [2.05, 4.69) is 41.4 Å². The van der Waals surface area contributed by atoms with Crippen molar-refractivity contribution in [3.63, 3.8) is 0 Å². The van der Waals surface area contributed by atoms with Crippen LogP contribution in [0.4, 0.5) is 11.6 Å². The van der Waals surface area contributed by atoms with E-state index in [1.165, 1.54) is 24.8 Å². The highest BCUT2D eigenvalue weighted by atomic mass is 15.1. The molecule has 1 atom stereocenters. The molecule has 1 aromatic rings. The summed E-state index contributed by atoms with van der Waals surface area (Å²) < 4.78 is 0. The van der Waals surface area contributed by atoms with Crippen molar-refractivity contribution < 1.29 is 0 Å². The van der Waals surface area contributed by atoms with E-state index in [0.717, 1.165) is 36.9 Å². The van der Waals surface area contributed by atoms with Crippen molar-refractivity contribution in [1.29, 1.82) is 0 Å². The van der Waals surface area contributed by atoms with Crippen LogP contribution in [-0.2, 0) is 6.42 Å². The highest BCUT2D eigenvalue weighted by Crippen LogP contribution is 2.34. The summed E-state index contributed by atoms with van der Waals surface area (Å²) in [5, 5.41) is 6.91. The molecule has 4 nitrogen and oxygen atoms in total. The standard InChI is InChI=1S/C15H26N4/c1-4-6-13-14(16-5-2)17-10-18-15(13)19-11(3)9-12-7-8-12/h10-12H,4-9H2,1-3H3,(H2,16,17,18,19). The van der Waals surface area contributed by atoms with Crippen LogP contribution >= 0.6 is 0 Å². The second-order valence-corrected chi connectivity index (χ2v) is 5.55. The van der Waals surface area contributed by atoms with Crippen LogP contribution in [0.5, 0.6) is 0 Å². The summed E-state index contributed by atoms with van der Waals surface area (Å²) in [6.07, 6.45) is 7.84. The van der Waals surface area contributed by atoms with Crippen LogP contribution < -0.4 is 10.6 Å². The van der Waals surface area contributed by atoms with E-state index < -0.39 is 0 Å². The molecular formula is C15H26N4. The van der Waals surface area contributed by atoms with Gasteiger partial charge in [0.05, 0.1) is 0 Å². The largest absolute Gasteiger partial charge is 0.370 e. The van der Waals surface area contributed by atoms with E-state index in [1.807, 2.05) is 0 Å². The first-order chi connectivity index (χ1) is 9.24. The fourth-order valence-corrected chi connectivity index (χ4v) is 2.49. The lowest BCUT2D eigenvalue weighted by Gasteiger charge is -2.18. The van der Waals surface area contributed by atoms with Gasteiger partial charge in [-0.05, 0) is 32.6 Å². The number of hydrogen-bond donors (Lipinski definition) is 2. The van der Waals surface area contributed by atoms with Gasteiger partial charge < -0.3 is 10.6 Å². The molecule has 0 aromatic carbocycles. The minimum Gasteiger partial charge on any atom is -0.370 e. The van der Waals surface area contributed by atoms with Gasteiger partial charge in [-0.1, -0.05) is 26.2 Å². The predicted molar refractivity (Wildman–Crippen MR) is 80.6 cm³/mol. The average molecular weight is 262 g/mol. The van der Waals surface area contributed by atoms with Crippen LogP contribution in [0.1, 0.15) is 52.0 Å².